The van der Waals surface area contributed by atoms with E-state index in [-0.39, 0.29) is 5.97 Å². The normalized spacial score (nSPS) is 14.3. The van der Waals surface area contributed by atoms with Crippen LogP contribution < -0.4 is 0 Å². The number of esters is 1. The van der Waals surface area contributed by atoms with Gasteiger partial charge in [0.25, 0.3) is 0 Å². The van der Waals surface area contributed by atoms with Crippen LogP contribution in [0, 0.1) is 5.92 Å². The number of hydrogen-bond donors (Lipinski definition) is 0. The first-order valence-electron chi connectivity index (χ1n) is 5.60. The average molecular weight is 210 g/mol. The predicted octanol–water partition coefficient (Wildman–Crippen LogP) is 3.49. The highest BCUT2D eigenvalue weighted by Crippen LogP contribution is 2.11. The molecular weight excluding hydrogens is 188 g/mol. The predicted molar refractivity (Wildman–Crippen MR) is 63.6 cm³/mol. The third-order valence-electron chi connectivity index (χ3n) is 2.32. The maximum atomic E-state index is 10.9. The van der Waals surface area contributed by atoms with Crippen molar-refractivity contribution in [3.63, 3.8) is 0 Å². The highest BCUT2D eigenvalue weighted by atomic mass is 16.5. The Morgan fingerprint density at radius 3 is 2.60 bits per heavy atom. The third kappa shape index (κ3) is 6.95. The number of hydrogen-bond acceptors (Lipinski definition) is 2. The smallest absolute Gasteiger partial charge is 0.305 e. The van der Waals surface area contributed by atoms with Crippen molar-refractivity contribution in [2.75, 3.05) is 6.61 Å². The van der Waals surface area contributed by atoms with Gasteiger partial charge in [-0.15, -0.1) is 0 Å². The van der Waals surface area contributed by atoms with Crippen molar-refractivity contribution in [1.29, 1.82) is 0 Å². The van der Waals surface area contributed by atoms with Crippen LogP contribution in [0.1, 0.15) is 40.5 Å². The molecule has 0 aromatic carbocycles. The molecule has 1 atom stereocenters. The van der Waals surface area contributed by atoms with Crippen LogP contribution in [0.15, 0.2) is 23.8 Å². The highest BCUT2D eigenvalue weighted by molar-refractivity contribution is 5.68. The standard InChI is InChI=1S/C13H22O2/c1-5-7-8-11(3)12(4)9-10-15-13(14)6-2/h7-9,11H,5-6,10H2,1-4H3/b8-7+,12-9+. The van der Waals surface area contributed by atoms with Gasteiger partial charge in [-0.3, -0.25) is 4.79 Å². The second-order valence-electron chi connectivity index (χ2n) is 3.61. The number of ether oxygens (including phenoxy) is 1. The zero-order valence-electron chi connectivity index (χ0n) is 10.2. The number of rotatable bonds is 6. The summed E-state index contributed by atoms with van der Waals surface area (Å²) in [5, 5.41) is 0. The van der Waals surface area contributed by atoms with E-state index in [0.29, 0.717) is 18.9 Å². The van der Waals surface area contributed by atoms with Crippen molar-refractivity contribution in [1.82, 2.24) is 0 Å². The molecule has 0 aliphatic heterocycles. The lowest BCUT2D eigenvalue weighted by Gasteiger charge is -2.07. The van der Waals surface area contributed by atoms with Gasteiger partial charge < -0.3 is 4.74 Å². The minimum atomic E-state index is -0.143. The van der Waals surface area contributed by atoms with E-state index >= 15 is 0 Å². The fourth-order valence-corrected chi connectivity index (χ4v) is 1.05. The fraction of sp³-hybridized carbons (Fsp3) is 0.615. The molecule has 0 N–H and O–H groups in total. The van der Waals surface area contributed by atoms with Gasteiger partial charge in [0, 0.05) is 6.42 Å². The van der Waals surface area contributed by atoms with Crippen LogP contribution in [-0.4, -0.2) is 12.6 Å². The summed E-state index contributed by atoms with van der Waals surface area (Å²) in [7, 11) is 0. The van der Waals surface area contributed by atoms with Crippen LogP contribution in [0.5, 0.6) is 0 Å². The maximum absolute atomic E-state index is 10.9. The van der Waals surface area contributed by atoms with Crippen molar-refractivity contribution < 1.29 is 9.53 Å². The molecule has 0 aliphatic carbocycles. The quantitative estimate of drug-likeness (QED) is 0.495. The summed E-state index contributed by atoms with van der Waals surface area (Å²) in [6.07, 6.45) is 7.80. The Morgan fingerprint density at radius 2 is 2.07 bits per heavy atom. The summed E-state index contributed by atoms with van der Waals surface area (Å²) in [4.78, 5) is 10.9. The molecule has 1 unspecified atom stereocenters. The van der Waals surface area contributed by atoms with Gasteiger partial charge in [-0.1, -0.05) is 38.5 Å². The summed E-state index contributed by atoms with van der Waals surface area (Å²) >= 11 is 0. The average Bonchev–Trinajstić information content (AvgIpc) is 2.25. The first-order valence-corrected chi connectivity index (χ1v) is 5.60. The lowest BCUT2D eigenvalue weighted by atomic mass is 10.0. The Labute approximate surface area is 93.0 Å². The molecule has 0 fully saturated rings. The first kappa shape index (κ1) is 13.9. The van der Waals surface area contributed by atoms with E-state index in [0.717, 1.165) is 6.42 Å². The molecule has 0 saturated heterocycles. The van der Waals surface area contributed by atoms with Crippen LogP contribution in [0.3, 0.4) is 0 Å². The van der Waals surface area contributed by atoms with Gasteiger partial charge in [-0.05, 0) is 25.3 Å². The second-order valence-corrected chi connectivity index (χ2v) is 3.61. The van der Waals surface area contributed by atoms with E-state index in [2.05, 4.69) is 32.9 Å². The zero-order valence-corrected chi connectivity index (χ0v) is 10.2. The third-order valence-corrected chi connectivity index (χ3v) is 2.32. The van der Waals surface area contributed by atoms with Crippen LogP contribution in [0.4, 0.5) is 0 Å². The Bertz CT molecular complexity index is 239. The van der Waals surface area contributed by atoms with Crippen LogP contribution >= 0.6 is 0 Å². The van der Waals surface area contributed by atoms with Crippen molar-refractivity contribution in [3.05, 3.63) is 23.8 Å². The Hall–Kier alpha value is -1.05. The van der Waals surface area contributed by atoms with E-state index in [1.54, 1.807) is 6.92 Å². The number of carbonyl (C=O) groups is 1. The molecule has 0 spiro atoms. The minimum Gasteiger partial charge on any atom is -0.461 e. The topological polar surface area (TPSA) is 26.3 Å². The van der Waals surface area contributed by atoms with Gasteiger partial charge in [-0.25, -0.2) is 0 Å². The molecule has 0 radical (unpaired) electrons. The van der Waals surface area contributed by atoms with Crippen LogP contribution in [0.2, 0.25) is 0 Å². The lowest BCUT2D eigenvalue weighted by molar-refractivity contribution is -0.141. The Morgan fingerprint density at radius 1 is 1.40 bits per heavy atom. The molecule has 2 heteroatoms. The molecule has 0 aliphatic rings. The molecular formula is C13H22O2. The van der Waals surface area contributed by atoms with Gasteiger partial charge >= 0.3 is 5.97 Å². The van der Waals surface area contributed by atoms with Gasteiger partial charge in [0.2, 0.25) is 0 Å². The molecule has 0 aromatic rings. The van der Waals surface area contributed by atoms with E-state index in [1.807, 2.05) is 6.08 Å². The van der Waals surface area contributed by atoms with Gasteiger partial charge in [0.05, 0.1) is 0 Å². The van der Waals surface area contributed by atoms with E-state index < -0.39 is 0 Å². The fourth-order valence-electron chi connectivity index (χ4n) is 1.05. The molecule has 2 nitrogen and oxygen atoms in total. The summed E-state index contributed by atoms with van der Waals surface area (Å²) in [5.41, 5.74) is 1.24. The first-order chi connectivity index (χ1) is 7.11. The summed E-state index contributed by atoms with van der Waals surface area (Å²) < 4.78 is 4.98. The monoisotopic (exact) mass is 210 g/mol. The molecule has 0 aromatic heterocycles. The Kier molecular flexibility index (Phi) is 7.69. The van der Waals surface area contributed by atoms with Gasteiger partial charge in [-0.2, -0.15) is 0 Å². The van der Waals surface area contributed by atoms with Crippen molar-refractivity contribution in [2.24, 2.45) is 5.92 Å². The summed E-state index contributed by atoms with van der Waals surface area (Å²) in [5.74, 6) is 0.279. The molecule has 0 rings (SSSR count). The van der Waals surface area contributed by atoms with E-state index in [1.165, 1.54) is 5.57 Å². The van der Waals surface area contributed by atoms with Crippen LogP contribution in [-0.2, 0) is 9.53 Å². The van der Waals surface area contributed by atoms with E-state index in [4.69, 9.17) is 4.74 Å². The number of allylic oxidation sites excluding steroid dienone is 3. The molecule has 0 heterocycles. The van der Waals surface area contributed by atoms with Gasteiger partial charge in [0.1, 0.15) is 6.61 Å². The summed E-state index contributed by atoms with van der Waals surface area (Å²) in [6.45, 7) is 8.50. The van der Waals surface area contributed by atoms with Gasteiger partial charge in [0.15, 0.2) is 0 Å². The highest BCUT2D eigenvalue weighted by Gasteiger charge is 2.00. The minimum absolute atomic E-state index is 0.143. The largest absolute Gasteiger partial charge is 0.461 e. The molecule has 0 saturated carbocycles. The van der Waals surface area contributed by atoms with E-state index in [9.17, 15) is 4.79 Å². The number of carbonyl (C=O) groups excluding carboxylic acids is 1. The van der Waals surface area contributed by atoms with Crippen LogP contribution in [0.25, 0.3) is 0 Å². The SMILES string of the molecule is CC/C=C/C(C)/C(C)=C/COC(=O)CC. The molecule has 15 heavy (non-hydrogen) atoms. The maximum Gasteiger partial charge on any atom is 0.305 e. The lowest BCUT2D eigenvalue weighted by Crippen LogP contribution is -2.03. The zero-order chi connectivity index (χ0) is 11.7. The molecule has 0 bridgehead atoms. The molecule has 0 amide bonds. The summed E-state index contributed by atoms with van der Waals surface area (Å²) in [6, 6.07) is 0. The second kappa shape index (κ2) is 8.27. The van der Waals surface area contributed by atoms with Crippen molar-refractivity contribution in [3.8, 4) is 0 Å². The van der Waals surface area contributed by atoms with Crippen molar-refractivity contribution in [2.45, 2.75) is 40.5 Å². The Balaban J connectivity index is 3.97. The van der Waals surface area contributed by atoms with Crippen molar-refractivity contribution >= 4 is 5.97 Å². The molecule has 86 valence electrons.